The fraction of sp³-hybridized carbons (Fsp3) is 0.571. The summed E-state index contributed by atoms with van der Waals surface area (Å²) in [6.45, 7) is 0. The van der Waals surface area contributed by atoms with Crippen LogP contribution in [0.1, 0.15) is 43.7 Å². The van der Waals surface area contributed by atoms with Crippen molar-refractivity contribution in [3.8, 4) is 5.75 Å². The molecule has 3 nitrogen and oxygen atoms in total. The maximum atomic E-state index is 13.3. The Morgan fingerprint density at radius 3 is 2.47 bits per heavy atom. The highest BCUT2D eigenvalue weighted by Crippen LogP contribution is 2.34. The number of benzene rings is 1. The molecule has 0 aromatic heterocycles. The van der Waals surface area contributed by atoms with Gasteiger partial charge in [-0.15, -0.1) is 12.4 Å². The lowest BCUT2D eigenvalue weighted by molar-refractivity contribution is 0.0609. The first kappa shape index (κ1) is 16.2. The molecule has 1 fully saturated rings. The number of aliphatic hydroxyl groups excluding tert-OH is 1. The van der Waals surface area contributed by atoms with Gasteiger partial charge in [0.15, 0.2) is 11.6 Å². The van der Waals surface area contributed by atoms with Crippen LogP contribution in [-0.4, -0.2) is 16.3 Å². The summed E-state index contributed by atoms with van der Waals surface area (Å²) in [5.74, 6) is -0.991. The molecule has 1 aromatic carbocycles. The number of halogens is 2. The number of aliphatic hydroxyl groups is 1. The van der Waals surface area contributed by atoms with Gasteiger partial charge in [0, 0.05) is 5.56 Å². The van der Waals surface area contributed by atoms with Crippen molar-refractivity contribution >= 4 is 12.4 Å². The highest BCUT2D eigenvalue weighted by molar-refractivity contribution is 5.85. The highest BCUT2D eigenvalue weighted by Gasteiger charge is 2.29. The molecule has 0 saturated heterocycles. The van der Waals surface area contributed by atoms with Gasteiger partial charge in [-0.05, 0) is 24.8 Å². The zero-order valence-corrected chi connectivity index (χ0v) is 11.6. The molecule has 0 unspecified atom stereocenters. The van der Waals surface area contributed by atoms with Crippen LogP contribution in [0, 0.1) is 11.7 Å². The van der Waals surface area contributed by atoms with E-state index in [9.17, 15) is 14.6 Å². The zero-order chi connectivity index (χ0) is 13.1. The first-order chi connectivity index (χ1) is 8.61. The molecule has 1 saturated carbocycles. The van der Waals surface area contributed by atoms with E-state index in [1.54, 1.807) is 6.07 Å². The minimum Gasteiger partial charge on any atom is -0.505 e. The lowest BCUT2D eigenvalue weighted by Crippen LogP contribution is -2.34. The van der Waals surface area contributed by atoms with Crippen molar-refractivity contribution in [1.82, 2.24) is 0 Å². The number of rotatable bonds is 3. The van der Waals surface area contributed by atoms with E-state index in [1.807, 2.05) is 0 Å². The first-order valence-corrected chi connectivity index (χ1v) is 6.52. The van der Waals surface area contributed by atoms with Crippen LogP contribution in [0.2, 0.25) is 0 Å². The molecule has 0 bridgehead atoms. The van der Waals surface area contributed by atoms with E-state index in [1.165, 1.54) is 18.6 Å². The molecule has 5 heteroatoms. The van der Waals surface area contributed by atoms with Crippen LogP contribution in [0.5, 0.6) is 5.75 Å². The number of phenolic OH excluding ortho intramolecular Hbond substituents is 1. The van der Waals surface area contributed by atoms with E-state index in [-0.39, 0.29) is 23.9 Å². The van der Waals surface area contributed by atoms with Crippen molar-refractivity contribution in [3.05, 3.63) is 29.6 Å². The SMILES string of the molecule is Cl.N[C@H](c1cccc(F)c1O)[C@@H](O)C1CCCCC1. The van der Waals surface area contributed by atoms with Crippen molar-refractivity contribution in [3.63, 3.8) is 0 Å². The van der Waals surface area contributed by atoms with Crippen LogP contribution in [0.3, 0.4) is 0 Å². The summed E-state index contributed by atoms with van der Waals surface area (Å²) >= 11 is 0. The molecule has 0 amide bonds. The van der Waals surface area contributed by atoms with E-state index >= 15 is 0 Å². The maximum absolute atomic E-state index is 13.3. The van der Waals surface area contributed by atoms with Crippen LogP contribution >= 0.6 is 12.4 Å². The van der Waals surface area contributed by atoms with Gasteiger partial charge in [-0.1, -0.05) is 31.4 Å². The Kier molecular flexibility index (Phi) is 6.04. The number of para-hydroxylation sites is 1. The monoisotopic (exact) mass is 289 g/mol. The van der Waals surface area contributed by atoms with Crippen molar-refractivity contribution in [2.45, 2.75) is 44.2 Å². The molecular formula is C14H21ClFNO2. The molecule has 0 aliphatic heterocycles. The summed E-state index contributed by atoms with van der Waals surface area (Å²) in [7, 11) is 0. The van der Waals surface area contributed by atoms with Crippen LogP contribution < -0.4 is 5.73 Å². The Labute approximate surface area is 119 Å². The van der Waals surface area contributed by atoms with Gasteiger partial charge in [0.05, 0.1) is 12.1 Å². The topological polar surface area (TPSA) is 66.5 Å². The number of nitrogens with two attached hydrogens (primary N) is 1. The molecule has 1 aliphatic carbocycles. The second-order valence-electron chi connectivity index (χ2n) is 5.09. The number of phenols is 1. The van der Waals surface area contributed by atoms with E-state index in [2.05, 4.69) is 0 Å². The lowest BCUT2D eigenvalue weighted by atomic mass is 9.81. The third-order valence-corrected chi connectivity index (χ3v) is 3.88. The van der Waals surface area contributed by atoms with Gasteiger partial charge in [-0.2, -0.15) is 0 Å². The molecule has 19 heavy (non-hydrogen) atoms. The number of hydrogen-bond donors (Lipinski definition) is 3. The molecule has 4 N–H and O–H groups in total. The van der Waals surface area contributed by atoms with Gasteiger partial charge in [-0.3, -0.25) is 0 Å². The van der Waals surface area contributed by atoms with Crippen LogP contribution in [0.15, 0.2) is 18.2 Å². The summed E-state index contributed by atoms with van der Waals surface area (Å²) in [6, 6.07) is 3.51. The Hall–Kier alpha value is -0.840. The minimum atomic E-state index is -0.733. The summed E-state index contributed by atoms with van der Waals surface area (Å²) in [6.07, 6.45) is 4.57. The Morgan fingerprint density at radius 1 is 1.21 bits per heavy atom. The standard InChI is InChI=1S/C14H20FNO2.ClH/c15-11-8-4-7-10(14(11)18)12(16)13(17)9-5-2-1-3-6-9;/h4,7-9,12-13,17-18H,1-3,5-6,16H2;1H/t12-,13+;/m1./s1. The molecule has 1 aliphatic rings. The Bertz CT molecular complexity index is 410. The van der Waals surface area contributed by atoms with E-state index in [4.69, 9.17) is 5.73 Å². The molecule has 0 heterocycles. The van der Waals surface area contributed by atoms with E-state index in [0.29, 0.717) is 0 Å². The van der Waals surface area contributed by atoms with Gasteiger partial charge in [-0.25, -0.2) is 4.39 Å². The van der Waals surface area contributed by atoms with Gasteiger partial charge >= 0.3 is 0 Å². The smallest absolute Gasteiger partial charge is 0.165 e. The minimum absolute atomic E-state index is 0. The maximum Gasteiger partial charge on any atom is 0.165 e. The predicted molar refractivity (Wildman–Crippen MR) is 74.8 cm³/mol. The number of hydrogen-bond acceptors (Lipinski definition) is 3. The van der Waals surface area contributed by atoms with Crippen molar-refractivity contribution in [2.24, 2.45) is 11.7 Å². The molecular weight excluding hydrogens is 269 g/mol. The van der Waals surface area contributed by atoms with Gasteiger partial charge in [0.25, 0.3) is 0 Å². The lowest BCUT2D eigenvalue weighted by Gasteiger charge is -2.30. The fourth-order valence-electron chi connectivity index (χ4n) is 2.75. The third-order valence-electron chi connectivity index (χ3n) is 3.88. The van der Waals surface area contributed by atoms with Crippen LogP contribution in [-0.2, 0) is 0 Å². The predicted octanol–water partition coefficient (Wildman–Crippen LogP) is 2.89. The van der Waals surface area contributed by atoms with Gasteiger partial charge < -0.3 is 15.9 Å². The average molecular weight is 290 g/mol. The normalized spacial score (nSPS) is 19.5. The van der Waals surface area contributed by atoms with Gasteiger partial charge in [0.1, 0.15) is 0 Å². The molecule has 2 rings (SSSR count). The Balaban J connectivity index is 0.00000180. The second-order valence-corrected chi connectivity index (χ2v) is 5.09. The zero-order valence-electron chi connectivity index (χ0n) is 10.8. The molecule has 1 aromatic rings. The van der Waals surface area contributed by atoms with Crippen molar-refractivity contribution < 1.29 is 14.6 Å². The molecule has 108 valence electrons. The molecule has 0 radical (unpaired) electrons. The average Bonchev–Trinajstić information content (AvgIpc) is 2.41. The van der Waals surface area contributed by atoms with Crippen LogP contribution in [0.25, 0.3) is 0 Å². The summed E-state index contributed by atoms with van der Waals surface area (Å²) < 4.78 is 13.3. The summed E-state index contributed by atoms with van der Waals surface area (Å²) in [5.41, 5.74) is 6.25. The van der Waals surface area contributed by atoms with Crippen LogP contribution in [0.4, 0.5) is 4.39 Å². The van der Waals surface area contributed by atoms with Gasteiger partial charge in [0.2, 0.25) is 0 Å². The van der Waals surface area contributed by atoms with E-state index in [0.717, 1.165) is 25.7 Å². The highest BCUT2D eigenvalue weighted by atomic mass is 35.5. The second kappa shape index (κ2) is 7.08. The van der Waals surface area contributed by atoms with E-state index < -0.39 is 23.7 Å². The molecule has 2 atom stereocenters. The summed E-state index contributed by atoms with van der Waals surface area (Å²) in [5, 5.41) is 19.9. The summed E-state index contributed by atoms with van der Waals surface area (Å²) in [4.78, 5) is 0. The largest absolute Gasteiger partial charge is 0.505 e. The van der Waals surface area contributed by atoms with Crippen molar-refractivity contribution in [1.29, 1.82) is 0 Å². The Morgan fingerprint density at radius 2 is 1.84 bits per heavy atom. The van der Waals surface area contributed by atoms with Crippen molar-refractivity contribution in [2.75, 3.05) is 0 Å². The quantitative estimate of drug-likeness (QED) is 0.801. The molecule has 0 spiro atoms. The fourth-order valence-corrected chi connectivity index (χ4v) is 2.75. The number of aromatic hydroxyl groups is 1. The third kappa shape index (κ3) is 3.59. The first-order valence-electron chi connectivity index (χ1n) is 6.52.